The smallest absolute Gasteiger partial charge is 0.200 e. The number of anilines is 1. The van der Waals surface area contributed by atoms with Gasteiger partial charge in [-0.05, 0) is 40.3 Å². The molecule has 0 atom stereocenters. The fraction of sp³-hybridized carbons (Fsp3) is 0.667. The van der Waals surface area contributed by atoms with E-state index in [-0.39, 0.29) is 0 Å². The van der Waals surface area contributed by atoms with Crippen molar-refractivity contribution in [2.75, 3.05) is 11.9 Å². The summed E-state index contributed by atoms with van der Waals surface area (Å²) in [5, 5.41) is 18.8. The van der Waals surface area contributed by atoms with Crippen LogP contribution in [0.4, 0.5) is 5.82 Å². The minimum atomic E-state index is 0.622. The van der Waals surface area contributed by atoms with Crippen LogP contribution in [0.3, 0.4) is 0 Å². The molecule has 1 N–H and O–H groups in total. The molecule has 0 saturated heterocycles. The quantitative estimate of drug-likeness (QED) is 0.874. The predicted molar refractivity (Wildman–Crippen MR) is 70.2 cm³/mol. The molecule has 0 fully saturated rings. The van der Waals surface area contributed by atoms with Crippen molar-refractivity contribution in [3.63, 3.8) is 0 Å². The van der Waals surface area contributed by atoms with Gasteiger partial charge in [0, 0.05) is 6.54 Å². The highest BCUT2D eigenvalue weighted by atomic mass is 15.6. The molecule has 0 radical (unpaired) electrons. The number of hydrogen-bond acceptors (Lipinski definition) is 5. The van der Waals surface area contributed by atoms with Gasteiger partial charge >= 0.3 is 0 Å². The van der Waals surface area contributed by atoms with Crippen LogP contribution in [0, 0.1) is 17.8 Å². The van der Waals surface area contributed by atoms with Crippen LogP contribution in [0.5, 0.6) is 0 Å². The van der Waals surface area contributed by atoms with Crippen LogP contribution in [0.15, 0.2) is 12.1 Å². The van der Waals surface area contributed by atoms with E-state index in [4.69, 9.17) is 0 Å². The second kappa shape index (κ2) is 5.29. The lowest BCUT2D eigenvalue weighted by molar-refractivity contribution is 0.304. The maximum atomic E-state index is 4.30. The first-order valence-corrected chi connectivity index (χ1v) is 6.37. The van der Waals surface area contributed by atoms with Crippen LogP contribution in [0.25, 0.3) is 5.65 Å². The second-order valence-corrected chi connectivity index (χ2v) is 5.28. The lowest BCUT2D eigenvalue weighted by atomic mass is 9.85. The Labute approximate surface area is 107 Å². The average molecular weight is 248 g/mol. The van der Waals surface area contributed by atoms with E-state index in [1.165, 1.54) is 4.63 Å². The van der Waals surface area contributed by atoms with Crippen molar-refractivity contribution < 1.29 is 0 Å². The van der Waals surface area contributed by atoms with Crippen molar-refractivity contribution in [2.45, 2.75) is 27.7 Å². The summed E-state index contributed by atoms with van der Waals surface area (Å²) in [6.07, 6.45) is 0. The highest BCUT2D eigenvalue weighted by molar-refractivity contribution is 5.42. The first-order valence-electron chi connectivity index (χ1n) is 6.37. The molecule has 2 rings (SSSR count). The summed E-state index contributed by atoms with van der Waals surface area (Å²) in [5.41, 5.74) is 0.657. The topological polar surface area (TPSA) is 68.0 Å². The highest BCUT2D eigenvalue weighted by Gasteiger charge is 2.17. The number of hydrogen-bond donors (Lipinski definition) is 1. The van der Waals surface area contributed by atoms with E-state index < -0.39 is 0 Å². The van der Waals surface area contributed by atoms with Gasteiger partial charge in [0.2, 0.25) is 0 Å². The Kier molecular flexibility index (Phi) is 3.74. The molecule has 2 aromatic heterocycles. The SMILES string of the molecule is CC(C)C(CNc1ccc2nnnn2n1)C(C)C. The van der Waals surface area contributed by atoms with Crippen molar-refractivity contribution >= 4 is 11.5 Å². The number of tetrazole rings is 1. The molecule has 18 heavy (non-hydrogen) atoms. The molecule has 0 spiro atoms. The Morgan fingerprint density at radius 1 is 1.17 bits per heavy atom. The monoisotopic (exact) mass is 248 g/mol. The van der Waals surface area contributed by atoms with E-state index in [1.54, 1.807) is 0 Å². The van der Waals surface area contributed by atoms with Gasteiger partial charge in [0.05, 0.1) is 0 Å². The molecule has 0 aromatic carbocycles. The lowest BCUT2D eigenvalue weighted by Gasteiger charge is -2.25. The molecule has 98 valence electrons. The Morgan fingerprint density at radius 2 is 1.89 bits per heavy atom. The molecular formula is C12H20N6. The van der Waals surface area contributed by atoms with Gasteiger partial charge < -0.3 is 5.32 Å². The van der Waals surface area contributed by atoms with Crippen LogP contribution in [0.1, 0.15) is 27.7 Å². The molecule has 0 aliphatic heterocycles. The molecule has 6 heteroatoms. The minimum Gasteiger partial charge on any atom is -0.368 e. The third kappa shape index (κ3) is 2.75. The first kappa shape index (κ1) is 12.7. The average Bonchev–Trinajstić information content (AvgIpc) is 2.75. The van der Waals surface area contributed by atoms with E-state index in [1.807, 2.05) is 12.1 Å². The van der Waals surface area contributed by atoms with Gasteiger partial charge in [-0.2, -0.15) is 0 Å². The van der Waals surface area contributed by atoms with Gasteiger partial charge in [0.15, 0.2) is 5.65 Å². The molecule has 0 saturated carbocycles. The first-order chi connectivity index (χ1) is 8.58. The Morgan fingerprint density at radius 3 is 2.56 bits per heavy atom. The van der Waals surface area contributed by atoms with Crippen molar-refractivity contribution in [1.82, 2.24) is 25.3 Å². The van der Waals surface area contributed by atoms with Crippen LogP contribution in [-0.4, -0.2) is 31.8 Å². The third-order valence-corrected chi connectivity index (χ3v) is 3.30. The number of aromatic nitrogens is 5. The van der Waals surface area contributed by atoms with Crippen molar-refractivity contribution in [3.8, 4) is 0 Å². The maximum Gasteiger partial charge on any atom is 0.200 e. The zero-order valence-electron chi connectivity index (χ0n) is 11.3. The van der Waals surface area contributed by atoms with Crippen molar-refractivity contribution in [2.24, 2.45) is 17.8 Å². The lowest BCUT2D eigenvalue weighted by Crippen LogP contribution is -2.25. The van der Waals surface area contributed by atoms with Crippen LogP contribution >= 0.6 is 0 Å². The molecule has 0 aliphatic carbocycles. The summed E-state index contributed by atoms with van der Waals surface area (Å²) in [7, 11) is 0. The van der Waals surface area contributed by atoms with Gasteiger partial charge in [0.1, 0.15) is 5.82 Å². The predicted octanol–water partition coefficient (Wildman–Crippen LogP) is 1.86. The minimum absolute atomic E-state index is 0.622. The van der Waals surface area contributed by atoms with E-state index in [2.05, 4.69) is 53.6 Å². The normalized spacial score (nSPS) is 11.9. The van der Waals surface area contributed by atoms with Crippen LogP contribution in [-0.2, 0) is 0 Å². The van der Waals surface area contributed by atoms with E-state index in [0.29, 0.717) is 23.4 Å². The van der Waals surface area contributed by atoms with Gasteiger partial charge in [-0.25, -0.2) is 0 Å². The maximum absolute atomic E-state index is 4.30. The summed E-state index contributed by atoms with van der Waals surface area (Å²) in [6, 6.07) is 3.76. The molecular weight excluding hydrogens is 228 g/mol. The number of fused-ring (bicyclic) bond motifs is 1. The Balaban J connectivity index is 2.04. The molecule has 2 heterocycles. The fourth-order valence-electron chi connectivity index (χ4n) is 2.21. The second-order valence-electron chi connectivity index (χ2n) is 5.28. The Bertz CT molecular complexity index is 496. The number of nitrogens with zero attached hydrogens (tertiary/aromatic N) is 5. The molecule has 0 unspecified atom stereocenters. The number of nitrogens with one attached hydrogen (secondary N) is 1. The van der Waals surface area contributed by atoms with Crippen LogP contribution in [0.2, 0.25) is 0 Å². The zero-order chi connectivity index (χ0) is 13.1. The summed E-state index contributed by atoms with van der Waals surface area (Å²) in [4.78, 5) is 0. The summed E-state index contributed by atoms with van der Waals surface area (Å²) in [6.45, 7) is 9.93. The zero-order valence-corrected chi connectivity index (χ0v) is 11.3. The standard InChI is InChI=1S/C12H20N6/c1-8(2)10(9(3)4)7-13-11-5-6-12-14-16-17-18(12)15-11/h5-6,8-10H,7H2,1-4H3,(H,13,15). The fourth-order valence-corrected chi connectivity index (χ4v) is 2.21. The number of rotatable bonds is 5. The summed E-state index contributed by atoms with van der Waals surface area (Å²) >= 11 is 0. The third-order valence-electron chi connectivity index (χ3n) is 3.30. The molecule has 0 bridgehead atoms. The molecule has 6 nitrogen and oxygen atoms in total. The van der Waals surface area contributed by atoms with Gasteiger partial charge in [-0.3, -0.25) is 0 Å². The van der Waals surface area contributed by atoms with Crippen molar-refractivity contribution in [3.05, 3.63) is 12.1 Å². The van der Waals surface area contributed by atoms with E-state index in [0.717, 1.165) is 12.4 Å². The Hall–Kier alpha value is -1.72. The largest absolute Gasteiger partial charge is 0.368 e. The van der Waals surface area contributed by atoms with Gasteiger partial charge in [0.25, 0.3) is 0 Å². The van der Waals surface area contributed by atoms with Gasteiger partial charge in [-0.1, -0.05) is 27.7 Å². The molecule has 2 aromatic rings. The van der Waals surface area contributed by atoms with Crippen molar-refractivity contribution in [1.29, 1.82) is 0 Å². The van der Waals surface area contributed by atoms with E-state index in [9.17, 15) is 0 Å². The highest BCUT2D eigenvalue weighted by Crippen LogP contribution is 2.20. The van der Waals surface area contributed by atoms with Crippen LogP contribution < -0.4 is 5.32 Å². The summed E-state index contributed by atoms with van der Waals surface area (Å²) < 4.78 is 1.43. The van der Waals surface area contributed by atoms with E-state index >= 15 is 0 Å². The summed E-state index contributed by atoms with van der Waals surface area (Å²) in [5.74, 6) is 2.72. The molecule has 0 aliphatic rings. The molecule has 0 amide bonds. The van der Waals surface area contributed by atoms with Gasteiger partial charge in [-0.15, -0.1) is 14.8 Å².